The van der Waals surface area contributed by atoms with E-state index < -0.39 is 5.92 Å². The van der Waals surface area contributed by atoms with Gasteiger partial charge in [0, 0.05) is 18.7 Å². The molecule has 4 nitrogen and oxygen atoms in total. The lowest BCUT2D eigenvalue weighted by Gasteiger charge is -2.19. The number of benzene rings is 3. The van der Waals surface area contributed by atoms with Gasteiger partial charge in [-0.15, -0.1) is 0 Å². The first-order chi connectivity index (χ1) is 13.2. The molecular weight excluding hydrogens is 338 g/mol. The highest BCUT2D eigenvalue weighted by Gasteiger charge is 2.37. The third-order valence-corrected chi connectivity index (χ3v) is 5.06. The van der Waals surface area contributed by atoms with Crippen molar-refractivity contribution in [2.45, 2.75) is 19.8 Å². The number of nitrogens with zero attached hydrogens (tertiary/aromatic N) is 1. The Morgan fingerprint density at radius 3 is 2.59 bits per heavy atom. The zero-order valence-corrected chi connectivity index (χ0v) is 15.2. The summed E-state index contributed by atoms with van der Waals surface area (Å²) in [5.74, 6) is -0.320. The number of ether oxygens (including phenoxy) is 1. The maximum absolute atomic E-state index is 12.6. The molecule has 1 amide bonds. The Morgan fingerprint density at radius 2 is 1.78 bits per heavy atom. The summed E-state index contributed by atoms with van der Waals surface area (Å²) in [6, 6.07) is 21.3. The first-order valence-electron chi connectivity index (χ1n) is 9.24. The monoisotopic (exact) mass is 359 g/mol. The largest absolute Gasteiger partial charge is 0.426 e. The molecule has 4 heteroatoms. The van der Waals surface area contributed by atoms with E-state index in [1.807, 2.05) is 60.7 Å². The van der Waals surface area contributed by atoms with Gasteiger partial charge in [-0.1, -0.05) is 55.5 Å². The van der Waals surface area contributed by atoms with Crippen LogP contribution in [0.1, 0.15) is 18.9 Å². The molecular formula is C23H21NO3. The smallest absolute Gasteiger partial charge is 0.316 e. The lowest BCUT2D eigenvalue weighted by molar-refractivity contribution is -0.139. The van der Waals surface area contributed by atoms with E-state index in [4.69, 9.17) is 4.74 Å². The normalized spacial score (nSPS) is 16.7. The van der Waals surface area contributed by atoms with Gasteiger partial charge in [-0.3, -0.25) is 9.59 Å². The van der Waals surface area contributed by atoms with Crippen molar-refractivity contribution in [2.75, 3.05) is 11.4 Å². The number of rotatable bonds is 4. The quantitative estimate of drug-likeness (QED) is 0.514. The van der Waals surface area contributed by atoms with Gasteiger partial charge in [0.15, 0.2) is 0 Å². The number of fused-ring (bicyclic) bond motifs is 1. The molecule has 0 unspecified atom stereocenters. The maximum atomic E-state index is 12.6. The Balaban J connectivity index is 1.50. The molecule has 0 spiro atoms. The van der Waals surface area contributed by atoms with Crippen LogP contribution in [0.3, 0.4) is 0 Å². The molecule has 136 valence electrons. The SMILES string of the molecule is CCc1ccccc1N1C[C@@H](C(=O)Oc2ccc3ccccc3c2)CC1=O. The highest BCUT2D eigenvalue weighted by atomic mass is 16.5. The fourth-order valence-corrected chi connectivity index (χ4v) is 3.60. The van der Waals surface area contributed by atoms with Crippen LogP contribution in [0.4, 0.5) is 5.69 Å². The summed E-state index contributed by atoms with van der Waals surface area (Å²) in [6.45, 7) is 2.42. The lowest BCUT2D eigenvalue weighted by atomic mass is 10.1. The fraction of sp³-hybridized carbons (Fsp3) is 0.217. The molecule has 3 aromatic rings. The number of esters is 1. The van der Waals surface area contributed by atoms with Crippen LogP contribution >= 0.6 is 0 Å². The van der Waals surface area contributed by atoms with Crippen LogP contribution in [0.2, 0.25) is 0 Å². The van der Waals surface area contributed by atoms with Crippen molar-refractivity contribution in [2.24, 2.45) is 5.92 Å². The van der Waals surface area contributed by atoms with Crippen LogP contribution in [-0.4, -0.2) is 18.4 Å². The lowest BCUT2D eigenvalue weighted by Crippen LogP contribution is -2.28. The Hall–Kier alpha value is -3.14. The van der Waals surface area contributed by atoms with Crippen molar-refractivity contribution in [1.82, 2.24) is 0 Å². The van der Waals surface area contributed by atoms with Crippen molar-refractivity contribution in [1.29, 1.82) is 0 Å². The standard InChI is InChI=1S/C23H21NO3/c1-2-16-7-5-6-10-21(16)24-15-19(14-22(24)25)23(26)27-20-12-11-17-8-3-4-9-18(17)13-20/h3-13,19H,2,14-15H2,1H3/t19-/m0/s1. The number of para-hydroxylation sites is 1. The van der Waals surface area contributed by atoms with Gasteiger partial charge in [-0.05, 0) is 41.0 Å². The topological polar surface area (TPSA) is 46.6 Å². The number of aryl methyl sites for hydroxylation is 1. The van der Waals surface area contributed by atoms with Gasteiger partial charge < -0.3 is 9.64 Å². The van der Waals surface area contributed by atoms with E-state index in [0.717, 1.165) is 28.4 Å². The van der Waals surface area contributed by atoms with Gasteiger partial charge in [0.05, 0.1) is 5.92 Å². The molecule has 1 aliphatic rings. The molecule has 4 rings (SSSR count). The van der Waals surface area contributed by atoms with E-state index in [1.54, 1.807) is 11.0 Å². The summed E-state index contributed by atoms with van der Waals surface area (Å²) < 4.78 is 5.58. The van der Waals surface area contributed by atoms with Crippen LogP contribution in [0.15, 0.2) is 66.7 Å². The van der Waals surface area contributed by atoms with Crippen LogP contribution in [-0.2, 0) is 16.0 Å². The van der Waals surface area contributed by atoms with Gasteiger partial charge in [-0.25, -0.2) is 0 Å². The van der Waals surface area contributed by atoms with Gasteiger partial charge in [0.1, 0.15) is 5.75 Å². The number of carbonyl (C=O) groups excluding carboxylic acids is 2. The highest BCUT2D eigenvalue weighted by Crippen LogP contribution is 2.30. The van der Waals surface area contributed by atoms with E-state index in [-0.39, 0.29) is 18.3 Å². The zero-order valence-electron chi connectivity index (χ0n) is 15.2. The molecule has 1 heterocycles. The van der Waals surface area contributed by atoms with Gasteiger partial charge in [0.2, 0.25) is 5.91 Å². The molecule has 1 aliphatic heterocycles. The average Bonchev–Trinajstić information content (AvgIpc) is 3.09. The van der Waals surface area contributed by atoms with E-state index in [2.05, 4.69) is 6.92 Å². The van der Waals surface area contributed by atoms with Crippen LogP contribution < -0.4 is 9.64 Å². The molecule has 0 bridgehead atoms. The zero-order chi connectivity index (χ0) is 18.8. The highest BCUT2D eigenvalue weighted by molar-refractivity contribution is 6.00. The summed E-state index contributed by atoms with van der Waals surface area (Å²) >= 11 is 0. The summed E-state index contributed by atoms with van der Waals surface area (Å²) in [5, 5.41) is 2.11. The van der Waals surface area contributed by atoms with Crippen LogP contribution in [0.25, 0.3) is 10.8 Å². The molecule has 0 saturated carbocycles. The molecule has 0 aromatic heterocycles. The predicted octanol–water partition coefficient (Wildman–Crippen LogP) is 4.36. The predicted molar refractivity (Wildman–Crippen MR) is 106 cm³/mol. The third-order valence-electron chi connectivity index (χ3n) is 5.06. The first-order valence-corrected chi connectivity index (χ1v) is 9.24. The number of hydrogen-bond donors (Lipinski definition) is 0. The Labute approximate surface area is 158 Å². The van der Waals surface area contributed by atoms with E-state index in [1.165, 1.54) is 0 Å². The van der Waals surface area contributed by atoms with Crippen molar-refractivity contribution < 1.29 is 14.3 Å². The average molecular weight is 359 g/mol. The minimum Gasteiger partial charge on any atom is -0.426 e. The van der Waals surface area contributed by atoms with Crippen molar-refractivity contribution in [3.05, 3.63) is 72.3 Å². The van der Waals surface area contributed by atoms with E-state index >= 15 is 0 Å². The Kier molecular flexibility index (Phi) is 4.63. The summed E-state index contributed by atoms with van der Waals surface area (Å²) in [6.07, 6.45) is 1.02. The molecule has 1 atom stereocenters. The molecule has 1 saturated heterocycles. The number of anilines is 1. The van der Waals surface area contributed by atoms with Crippen molar-refractivity contribution in [3.63, 3.8) is 0 Å². The van der Waals surface area contributed by atoms with Crippen molar-refractivity contribution >= 4 is 28.3 Å². The maximum Gasteiger partial charge on any atom is 0.316 e. The molecule has 0 N–H and O–H groups in total. The fourth-order valence-electron chi connectivity index (χ4n) is 3.60. The molecule has 1 fully saturated rings. The second-order valence-corrected chi connectivity index (χ2v) is 6.82. The molecule has 0 aliphatic carbocycles. The Bertz CT molecular complexity index is 1010. The van der Waals surface area contributed by atoms with E-state index in [0.29, 0.717) is 12.3 Å². The first kappa shape index (κ1) is 17.3. The number of amides is 1. The van der Waals surface area contributed by atoms with Crippen LogP contribution in [0, 0.1) is 5.92 Å². The summed E-state index contributed by atoms with van der Waals surface area (Å²) in [7, 11) is 0. The third kappa shape index (κ3) is 3.43. The molecule has 27 heavy (non-hydrogen) atoms. The Morgan fingerprint density at radius 1 is 1.04 bits per heavy atom. The van der Waals surface area contributed by atoms with Crippen LogP contribution in [0.5, 0.6) is 5.75 Å². The van der Waals surface area contributed by atoms with E-state index in [9.17, 15) is 9.59 Å². The number of hydrogen-bond acceptors (Lipinski definition) is 3. The second-order valence-electron chi connectivity index (χ2n) is 6.82. The summed E-state index contributed by atoms with van der Waals surface area (Å²) in [5.41, 5.74) is 2.00. The summed E-state index contributed by atoms with van der Waals surface area (Å²) in [4.78, 5) is 26.8. The number of carbonyl (C=O) groups is 2. The van der Waals surface area contributed by atoms with Gasteiger partial charge in [0.25, 0.3) is 0 Å². The molecule has 0 radical (unpaired) electrons. The minimum absolute atomic E-state index is 0.0311. The van der Waals surface area contributed by atoms with Gasteiger partial charge >= 0.3 is 5.97 Å². The second kappa shape index (κ2) is 7.23. The van der Waals surface area contributed by atoms with Gasteiger partial charge in [-0.2, -0.15) is 0 Å². The van der Waals surface area contributed by atoms with Crippen molar-refractivity contribution in [3.8, 4) is 5.75 Å². The minimum atomic E-state index is -0.450. The molecule has 3 aromatic carbocycles.